The van der Waals surface area contributed by atoms with Crippen LogP contribution in [0.3, 0.4) is 0 Å². The first kappa shape index (κ1) is 18.8. The summed E-state index contributed by atoms with van der Waals surface area (Å²) in [6.07, 6.45) is 2.63. The maximum atomic E-state index is 12.6. The highest BCUT2D eigenvalue weighted by Crippen LogP contribution is 2.32. The van der Waals surface area contributed by atoms with Crippen molar-refractivity contribution >= 4 is 22.4 Å². The molecule has 4 aromatic rings. The predicted molar refractivity (Wildman–Crippen MR) is 101 cm³/mol. The van der Waals surface area contributed by atoms with E-state index >= 15 is 0 Å². The molecule has 0 spiro atoms. The first-order valence-corrected chi connectivity index (χ1v) is 9.14. The number of amides is 1. The van der Waals surface area contributed by atoms with Gasteiger partial charge in [-0.3, -0.25) is 10.1 Å². The molecule has 0 aliphatic heterocycles. The van der Waals surface area contributed by atoms with Crippen molar-refractivity contribution in [2.24, 2.45) is 0 Å². The van der Waals surface area contributed by atoms with Crippen LogP contribution in [0.15, 0.2) is 57.9 Å². The Morgan fingerprint density at radius 1 is 1.21 bits per heavy atom. The minimum Gasteiger partial charge on any atom is -0.461 e. The first-order chi connectivity index (χ1) is 14.0. The Balaban J connectivity index is 1.53. The molecule has 0 fully saturated rings. The topological polar surface area (TPSA) is 90.4 Å². The molecule has 10 heteroatoms. The van der Waals surface area contributed by atoms with E-state index in [1.165, 1.54) is 29.7 Å². The van der Waals surface area contributed by atoms with Crippen LogP contribution in [-0.4, -0.2) is 22.5 Å². The van der Waals surface area contributed by atoms with Gasteiger partial charge in [-0.1, -0.05) is 0 Å². The minimum atomic E-state index is -2.88. The van der Waals surface area contributed by atoms with E-state index in [1.807, 2.05) is 6.92 Å². The van der Waals surface area contributed by atoms with E-state index in [2.05, 4.69) is 20.0 Å². The van der Waals surface area contributed by atoms with E-state index in [-0.39, 0.29) is 17.2 Å². The number of alkyl halides is 2. The Morgan fingerprint density at radius 2 is 2.00 bits per heavy atom. The number of thiazole rings is 1. The molecular weight excluding hydrogens is 404 g/mol. The Bertz CT molecular complexity index is 1120. The van der Waals surface area contributed by atoms with E-state index in [0.29, 0.717) is 22.1 Å². The molecule has 3 aromatic heterocycles. The van der Waals surface area contributed by atoms with Crippen molar-refractivity contribution in [2.75, 3.05) is 5.32 Å². The standard InChI is InChI=1S/C19H13F2N3O4S/c1-10-14(11-4-6-12(7-5-11)28-18(20)21)23-19(29-10)24-17(25)15-16(27-9-22-15)13-3-2-8-26-13/h2-9,18H,1H3,(H,23,24,25). The van der Waals surface area contributed by atoms with Crippen LogP contribution in [0, 0.1) is 6.92 Å². The first-order valence-electron chi connectivity index (χ1n) is 8.32. The Labute approximate surface area is 167 Å². The number of furan rings is 1. The summed E-state index contributed by atoms with van der Waals surface area (Å²) >= 11 is 1.28. The molecule has 0 bridgehead atoms. The Kier molecular flexibility index (Phi) is 5.09. The number of carbonyl (C=O) groups is 1. The van der Waals surface area contributed by atoms with E-state index in [9.17, 15) is 13.6 Å². The molecule has 0 radical (unpaired) electrons. The molecule has 29 heavy (non-hydrogen) atoms. The number of nitrogens with zero attached hydrogens (tertiary/aromatic N) is 2. The molecule has 1 amide bonds. The van der Waals surface area contributed by atoms with Gasteiger partial charge < -0.3 is 13.6 Å². The number of carbonyl (C=O) groups excluding carboxylic acids is 1. The summed E-state index contributed by atoms with van der Waals surface area (Å²) in [5.41, 5.74) is 1.40. The van der Waals surface area contributed by atoms with Crippen molar-refractivity contribution in [3.63, 3.8) is 0 Å². The molecule has 0 aliphatic carbocycles. The van der Waals surface area contributed by atoms with Gasteiger partial charge in [0.2, 0.25) is 5.76 Å². The number of aryl methyl sites for hydroxylation is 1. The average molecular weight is 417 g/mol. The van der Waals surface area contributed by atoms with Gasteiger partial charge in [-0.25, -0.2) is 9.97 Å². The van der Waals surface area contributed by atoms with Gasteiger partial charge in [-0.05, 0) is 43.3 Å². The lowest BCUT2D eigenvalue weighted by Crippen LogP contribution is -2.13. The van der Waals surface area contributed by atoms with Crippen molar-refractivity contribution in [3.8, 4) is 28.5 Å². The quantitative estimate of drug-likeness (QED) is 0.463. The van der Waals surface area contributed by atoms with Crippen LogP contribution in [0.1, 0.15) is 15.4 Å². The molecule has 3 heterocycles. The van der Waals surface area contributed by atoms with Crippen molar-refractivity contribution in [1.29, 1.82) is 0 Å². The minimum absolute atomic E-state index is 0.0571. The van der Waals surface area contributed by atoms with Gasteiger partial charge >= 0.3 is 6.61 Å². The van der Waals surface area contributed by atoms with Crippen LogP contribution in [0.4, 0.5) is 13.9 Å². The number of anilines is 1. The van der Waals surface area contributed by atoms with Crippen LogP contribution in [0.2, 0.25) is 0 Å². The zero-order valence-corrected chi connectivity index (χ0v) is 15.7. The van der Waals surface area contributed by atoms with Gasteiger partial charge in [0, 0.05) is 10.4 Å². The number of benzene rings is 1. The fourth-order valence-corrected chi connectivity index (χ4v) is 3.49. The third kappa shape index (κ3) is 4.02. The van der Waals surface area contributed by atoms with Gasteiger partial charge in [-0.2, -0.15) is 8.78 Å². The third-order valence-electron chi connectivity index (χ3n) is 3.90. The van der Waals surface area contributed by atoms with E-state index in [4.69, 9.17) is 8.83 Å². The largest absolute Gasteiger partial charge is 0.461 e. The highest BCUT2D eigenvalue weighted by molar-refractivity contribution is 7.16. The zero-order chi connectivity index (χ0) is 20.4. The number of aromatic nitrogens is 2. The Hall–Kier alpha value is -3.53. The van der Waals surface area contributed by atoms with Crippen LogP contribution < -0.4 is 10.1 Å². The second kappa shape index (κ2) is 7.84. The van der Waals surface area contributed by atoms with Gasteiger partial charge in [0.25, 0.3) is 5.91 Å². The highest BCUT2D eigenvalue weighted by Gasteiger charge is 2.22. The molecule has 148 valence electrons. The van der Waals surface area contributed by atoms with Gasteiger partial charge in [-0.15, -0.1) is 11.3 Å². The molecule has 4 rings (SSSR count). The van der Waals surface area contributed by atoms with Crippen LogP contribution in [0.25, 0.3) is 22.8 Å². The van der Waals surface area contributed by atoms with E-state index < -0.39 is 12.5 Å². The fourth-order valence-electron chi connectivity index (χ4n) is 2.66. The van der Waals surface area contributed by atoms with Crippen LogP contribution in [0.5, 0.6) is 5.75 Å². The zero-order valence-electron chi connectivity index (χ0n) is 14.9. The lowest BCUT2D eigenvalue weighted by Gasteiger charge is -2.05. The lowest BCUT2D eigenvalue weighted by atomic mass is 10.1. The third-order valence-corrected chi connectivity index (χ3v) is 4.78. The van der Waals surface area contributed by atoms with Crippen molar-refractivity contribution in [3.05, 3.63) is 59.6 Å². The Morgan fingerprint density at radius 3 is 2.69 bits per heavy atom. The highest BCUT2D eigenvalue weighted by atomic mass is 32.1. The monoisotopic (exact) mass is 417 g/mol. The maximum absolute atomic E-state index is 12.6. The molecule has 1 aromatic carbocycles. The number of nitrogens with one attached hydrogen (secondary N) is 1. The number of rotatable bonds is 6. The van der Waals surface area contributed by atoms with E-state index in [0.717, 1.165) is 11.3 Å². The van der Waals surface area contributed by atoms with Crippen molar-refractivity contribution in [2.45, 2.75) is 13.5 Å². The fraction of sp³-hybridized carbons (Fsp3) is 0.105. The summed E-state index contributed by atoms with van der Waals surface area (Å²) in [4.78, 5) is 21.8. The van der Waals surface area contributed by atoms with Crippen molar-refractivity contribution in [1.82, 2.24) is 9.97 Å². The van der Waals surface area contributed by atoms with E-state index in [1.54, 1.807) is 24.3 Å². The van der Waals surface area contributed by atoms with Gasteiger partial charge in [0.1, 0.15) is 5.75 Å². The normalized spacial score (nSPS) is 11.0. The number of oxazole rings is 1. The molecular formula is C19H13F2N3O4S. The number of halogens is 2. The van der Waals surface area contributed by atoms with Gasteiger partial charge in [0.05, 0.1) is 12.0 Å². The SMILES string of the molecule is Cc1sc(NC(=O)c2ncoc2-c2ccco2)nc1-c1ccc(OC(F)F)cc1. The van der Waals surface area contributed by atoms with Crippen molar-refractivity contribution < 1.29 is 27.1 Å². The maximum Gasteiger partial charge on any atom is 0.387 e. The summed E-state index contributed by atoms with van der Waals surface area (Å²) in [5, 5.41) is 3.06. The summed E-state index contributed by atoms with van der Waals surface area (Å²) < 4.78 is 39.4. The average Bonchev–Trinajstić information content (AvgIpc) is 3.42. The molecule has 1 N–H and O–H groups in total. The second-order valence-corrected chi connectivity index (χ2v) is 6.99. The summed E-state index contributed by atoms with van der Waals surface area (Å²) in [6, 6.07) is 9.45. The number of ether oxygens (including phenoxy) is 1. The molecule has 0 saturated carbocycles. The number of hydrogen-bond acceptors (Lipinski definition) is 7. The number of hydrogen-bond donors (Lipinski definition) is 1. The van der Waals surface area contributed by atoms with Crippen LogP contribution in [-0.2, 0) is 0 Å². The molecule has 0 atom stereocenters. The smallest absolute Gasteiger partial charge is 0.387 e. The molecule has 7 nitrogen and oxygen atoms in total. The molecule has 0 unspecified atom stereocenters. The summed E-state index contributed by atoms with van der Waals surface area (Å²) in [5.74, 6) is 0.165. The summed E-state index contributed by atoms with van der Waals surface area (Å²) in [7, 11) is 0. The predicted octanol–water partition coefficient (Wildman–Crippen LogP) is 5.22. The van der Waals surface area contributed by atoms with Crippen LogP contribution >= 0.6 is 11.3 Å². The van der Waals surface area contributed by atoms with Gasteiger partial charge in [0.15, 0.2) is 23.0 Å². The molecule has 0 aliphatic rings. The lowest BCUT2D eigenvalue weighted by molar-refractivity contribution is -0.0498. The second-order valence-electron chi connectivity index (χ2n) is 5.79. The molecule has 0 saturated heterocycles. The summed E-state index contributed by atoms with van der Waals surface area (Å²) in [6.45, 7) is -1.04.